The molecule has 1 aliphatic carbocycles. The summed E-state index contributed by atoms with van der Waals surface area (Å²) in [4.78, 5) is 29.3. The maximum Gasteiger partial charge on any atom is 0.230 e. The average molecular weight is 591 g/mol. The molecular weight excluding hydrogens is 557 g/mol. The van der Waals surface area contributed by atoms with Crippen LogP contribution in [0.1, 0.15) is 52.2 Å². The Labute approximate surface area is 247 Å². The van der Waals surface area contributed by atoms with Gasteiger partial charge in [0.1, 0.15) is 10.0 Å². The Morgan fingerprint density at radius 1 is 0.732 bits per heavy atom. The molecule has 1 aliphatic rings. The summed E-state index contributed by atoms with van der Waals surface area (Å²) >= 11 is 2.87. The van der Waals surface area contributed by atoms with Crippen molar-refractivity contribution in [3.8, 4) is 0 Å². The van der Waals surface area contributed by atoms with Crippen molar-refractivity contribution in [2.24, 2.45) is 0 Å². The first-order chi connectivity index (χ1) is 19.7. The highest BCUT2D eigenvalue weighted by molar-refractivity contribution is 7.15. The van der Waals surface area contributed by atoms with Gasteiger partial charge in [-0.15, -0.1) is 20.4 Å². The van der Waals surface area contributed by atoms with Crippen molar-refractivity contribution in [2.45, 2.75) is 43.9 Å². The van der Waals surface area contributed by atoms with Crippen molar-refractivity contribution in [2.75, 3.05) is 48.6 Å². The highest BCUT2D eigenvalue weighted by Gasteiger charge is 2.32. The first-order valence-corrected chi connectivity index (χ1v) is 15.2. The van der Waals surface area contributed by atoms with Gasteiger partial charge in [-0.05, 0) is 54.7 Å². The maximum absolute atomic E-state index is 12.6. The molecule has 10 nitrogen and oxygen atoms in total. The monoisotopic (exact) mass is 590 g/mol. The van der Waals surface area contributed by atoms with E-state index < -0.39 is 0 Å². The molecule has 2 aromatic carbocycles. The van der Waals surface area contributed by atoms with Crippen LogP contribution in [0.25, 0.3) is 0 Å². The van der Waals surface area contributed by atoms with E-state index in [4.69, 9.17) is 0 Å². The fraction of sp³-hybridized carbons (Fsp3) is 0.379. The highest BCUT2D eigenvalue weighted by atomic mass is 32.1. The molecule has 2 aromatic heterocycles. The molecule has 2 heterocycles. The molecule has 0 spiro atoms. The average Bonchev–Trinajstić information content (AvgIpc) is 3.70. The predicted molar refractivity (Wildman–Crippen MR) is 165 cm³/mol. The number of carbonyl (C=O) groups excluding carboxylic acids is 2. The number of hydrogen-bond donors (Lipinski definition) is 2. The van der Waals surface area contributed by atoms with Crippen LogP contribution in [0.2, 0.25) is 0 Å². The largest absolute Gasteiger partial charge is 0.378 e. The molecule has 12 heteroatoms. The van der Waals surface area contributed by atoms with Gasteiger partial charge in [0, 0.05) is 51.4 Å². The van der Waals surface area contributed by atoms with E-state index in [0.717, 1.165) is 51.8 Å². The molecule has 2 N–H and O–H groups in total. The van der Waals surface area contributed by atoms with Gasteiger partial charge in [0.2, 0.25) is 22.1 Å². The Hall–Kier alpha value is -3.90. The molecule has 5 rings (SSSR count). The third-order valence-electron chi connectivity index (χ3n) is 7.09. The number of anilines is 4. The summed E-state index contributed by atoms with van der Waals surface area (Å²) in [5.74, 6) is 0.292. The van der Waals surface area contributed by atoms with Crippen LogP contribution in [0.5, 0.6) is 0 Å². The third-order valence-corrected chi connectivity index (χ3v) is 9.09. The first kappa shape index (κ1) is 28.6. The molecule has 2 amide bonds. The zero-order valence-corrected chi connectivity index (χ0v) is 25.3. The molecule has 41 heavy (non-hydrogen) atoms. The van der Waals surface area contributed by atoms with Crippen molar-refractivity contribution < 1.29 is 9.59 Å². The van der Waals surface area contributed by atoms with Gasteiger partial charge in [0.25, 0.3) is 0 Å². The zero-order chi connectivity index (χ0) is 28.9. The van der Waals surface area contributed by atoms with Gasteiger partial charge in [0.05, 0.1) is 12.8 Å². The lowest BCUT2D eigenvalue weighted by atomic mass is 10.1. The summed E-state index contributed by atoms with van der Waals surface area (Å²) in [5.41, 5.74) is 4.01. The lowest BCUT2D eigenvalue weighted by Crippen LogP contribution is -2.15. The van der Waals surface area contributed by atoms with Crippen molar-refractivity contribution in [3.05, 3.63) is 69.7 Å². The smallest absolute Gasteiger partial charge is 0.230 e. The van der Waals surface area contributed by atoms with Gasteiger partial charge in [-0.25, -0.2) is 0 Å². The van der Waals surface area contributed by atoms with Gasteiger partial charge in [-0.1, -0.05) is 46.9 Å². The summed E-state index contributed by atoms with van der Waals surface area (Å²) in [5, 5.41) is 25.9. The number of benzene rings is 2. The number of nitrogens with zero attached hydrogens (tertiary/aromatic N) is 6. The van der Waals surface area contributed by atoms with E-state index >= 15 is 0 Å². The molecule has 1 fully saturated rings. The molecule has 0 radical (unpaired) electrons. The fourth-order valence-corrected chi connectivity index (χ4v) is 6.73. The van der Waals surface area contributed by atoms with Crippen LogP contribution in [-0.4, -0.2) is 60.4 Å². The molecular formula is C29H34N8O2S2. The van der Waals surface area contributed by atoms with Crippen molar-refractivity contribution in [3.63, 3.8) is 0 Å². The van der Waals surface area contributed by atoms with Crippen molar-refractivity contribution >= 4 is 56.1 Å². The van der Waals surface area contributed by atoms with E-state index in [1.807, 2.05) is 86.5 Å². The second-order valence-corrected chi connectivity index (χ2v) is 12.7. The van der Waals surface area contributed by atoms with Crippen molar-refractivity contribution in [1.82, 2.24) is 20.4 Å². The third kappa shape index (κ3) is 7.44. The number of nitrogens with one attached hydrogen (secondary N) is 2. The molecule has 1 saturated carbocycles. The molecule has 0 saturated heterocycles. The summed E-state index contributed by atoms with van der Waals surface area (Å²) in [6.07, 6.45) is 3.38. The van der Waals surface area contributed by atoms with Gasteiger partial charge in [0.15, 0.2) is 0 Å². The van der Waals surface area contributed by atoms with Crippen LogP contribution in [0, 0.1) is 0 Å². The number of rotatable bonds is 10. The topological polar surface area (TPSA) is 116 Å². The number of amides is 2. The van der Waals surface area contributed by atoms with Gasteiger partial charge < -0.3 is 20.4 Å². The van der Waals surface area contributed by atoms with Crippen LogP contribution < -0.4 is 20.4 Å². The summed E-state index contributed by atoms with van der Waals surface area (Å²) in [6.45, 7) is 0. The highest BCUT2D eigenvalue weighted by Crippen LogP contribution is 2.45. The first-order valence-electron chi connectivity index (χ1n) is 13.5. The Morgan fingerprint density at radius 2 is 1.17 bits per heavy atom. The zero-order valence-electron chi connectivity index (χ0n) is 23.6. The molecule has 2 atom stereocenters. The normalized spacial score (nSPS) is 16.4. The molecule has 0 bridgehead atoms. The van der Waals surface area contributed by atoms with Crippen LogP contribution in [0.3, 0.4) is 0 Å². The number of carbonyl (C=O) groups is 2. The Bertz CT molecular complexity index is 1400. The molecule has 0 aliphatic heterocycles. The maximum atomic E-state index is 12.6. The Kier molecular flexibility index (Phi) is 8.89. The van der Waals surface area contributed by atoms with E-state index in [-0.39, 0.29) is 36.5 Å². The van der Waals surface area contributed by atoms with Gasteiger partial charge in [-0.2, -0.15) is 0 Å². The second-order valence-electron chi connectivity index (χ2n) is 10.7. The van der Waals surface area contributed by atoms with E-state index in [1.54, 1.807) is 0 Å². The van der Waals surface area contributed by atoms with Crippen LogP contribution in [-0.2, 0) is 22.4 Å². The lowest BCUT2D eigenvalue weighted by Gasteiger charge is -2.13. The quantitative estimate of drug-likeness (QED) is 0.267. The van der Waals surface area contributed by atoms with Gasteiger partial charge in [-0.3, -0.25) is 9.59 Å². The van der Waals surface area contributed by atoms with Gasteiger partial charge >= 0.3 is 0 Å². The molecule has 2 unspecified atom stereocenters. The Morgan fingerprint density at radius 3 is 1.59 bits per heavy atom. The van der Waals surface area contributed by atoms with E-state index in [0.29, 0.717) is 10.3 Å². The fourth-order valence-electron chi connectivity index (χ4n) is 4.92. The minimum atomic E-state index is -0.109. The minimum absolute atomic E-state index is 0.109. The summed E-state index contributed by atoms with van der Waals surface area (Å²) in [6, 6.07) is 15.9. The van der Waals surface area contributed by atoms with Crippen LogP contribution in [0.4, 0.5) is 21.6 Å². The van der Waals surface area contributed by atoms with E-state index in [2.05, 4.69) is 31.0 Å². The SMILES string of the molecule is CN(C)c1cccc(CC(=O)Nc2nnc(C3CCC(c4nnc(NC(=O)Cc5cccc(N(C)C)c5)s4)C3)s2)c1. The van der Waals surface area contributed by atoms with E-state index in [9.17, 15) is 9.59 Å². The van der Waals surface area contributed by atoms with E-state index in [1.165, 1.54) is 22.7 Å². The minimum Gasteiger partial charge on any atom is -0.378 e. The standard InChI is InChI=1S/C29H34N8O2S2/c1-36(2)22-9-5-7-18(13-22)15-24(38)30-28-34-32-26(40-28)20-11-12-21(17-20)27-33-35-29(41-27)31-25(39)16-19-8-6-10-23(14-19)37(3)4/h5-10,13-14,20-21H,11-12,15-17H2,1-4H3,(H,30,34,38)(H,31,35,39). The second kappa shape index (κ2) is 12.7. The molecule has 214 valence electrons. The summed E-state index contributed by atoms with van der Waals surface area (Å²) in [7, 11) is 7.91. The predicted octanol–water partition coefficient (Wildman–Crippen LogP) is 4.94. The Balaban J connectivity index is 1.12. The lowest BCUT2D eigenvalue weighted by molar-refractivity contribution is -0.116. The van der Waals surface area contributed by atoms with Crippen LogP contribution in [0.15, 0.2) is 48.5 Å². The molecule has 4 aromatic rings. The van der Waals surface area contributed by atoms with Crippen LogP contribution >= 0.6 is 22.7 Å². The number of aromatic nitrogens is 4. The van der Waals surface area contributed by atoms with Crippen molar-refractivity contribution in [1.29, 1.82) is 0 Å². The summed E-state index contributed by atoms with van der Waals surface area (Å²) < 4.78 is 0. The number of hydrogen-bond acceptors (Lipinski definition) is 10.